The number of ketones is 1. The normalized spacial score (nSPS) is 14.2. The highest BCUT2D eigenvalue weighted by Crippen LogP contribution is 2.25. The summed E-state index contributed by atoms with van der Waals surface area (Å²) in [5.41, 5.74) is 1.72. The zero-order valence-electron chi connectivity index (χ0n) is 15.0. The molecule has 3 aromatic rings. The average Bonchev–Trinajstić information content (AvgIpc) is 3.25. The third-order valence-corrected chi connectivity index (χ3v) is 4.79. The van der Waals surface area contributed by atoms with Gasteiger partial charge in [0.25, 0.3) is 11.8 Å². The molecule has 1 aromatic heterocycles. The van der Waals surface area contributed by atoms with Gasteiger partial charge in [-0.15, -0.1) is 0 Å². The summed E-state index contributed by atoms with van der Waals surface area (Å²) in [6.45, 7) is 0.925. The van der Waals surface area contributed by atoms with E-state index < -0.39 is 30.4 Å². The first-order chi connectivity index (χ1) is 13.5. The predicted molar refractivity (Wildman–Crippen MR) is 100.0 cm³/mol. The zero-order valence-corrected chi connectivity index (χ0v) is 15.0. The number of aromatic nitrogens is 1. The van der Waals surface area contributed by atoms with Crippen molar-refractivity contribution in [3.05, 3.63) is 71.4 Å². The number of nitrogens with one attached hydrogen (secondary N) is 1. The molecule has 0 bridgehead atoms. The maximum atomic E-state index is 12.5. The molecule has 7 heteroatoms. The number of hydrogen-bond acceptors (Lipinski definition) is 5. The number of nitrogens with zero attached hydrogens (tertiary/aromatic N) is 1. The van der Waals surface area contributed by atoms with Crippen molar-refractivity contribution in [1.29, 1.82) is 0 Å². The fraction of sp³-hybridized carbons (Fsp3) is 0.143. The fourth-order valence-corrected chi connectivity index (χ4v) is 3.30. The van der Waals surface area contributed by atoms with E-state index in [1.807, 2.05) is 18.2 Å². The number of para-hydroxylation sites is 1. The van der Waals surface area contributed by atoms with E-state index in [-0.39, 0.29) is 16.9 Å². The van der Waals surface area contributed by atoms with E-state index >= 15 is 0 Å². The maximum Gasteiger partial charge on any atom is 0.329 e. The minimum atomic E-state index is -1.14. The fourth-order valence-electron chi connectivity index (χ4n) is 3.30. The number of rotatable bonds is 5. The molecule has 28 heavy (non-hydrogen) atoms. The quantitative estimate of drug-likeness (QED) is 0.419. The number of H-pyrrole nitrogens is 1. The highest BCUT2D eigenvalue weighted by molar-refractivity contribution is 6.22. The third kappa shape index (κ3) is 2.77. The van der Waals surface area contributed by atoms with Crippen LogP contribution in [0.25, 0.3) is 10.9 Å². The zero-order chi connectivity index (χ0) is 19.8. The number of amides is 2. The molecule has 0 aliphatic carbocycles. The molecule has 0 spiro atoms. The minimum Gasteiger partial charge on any atom is -0.456 e. The van der Waals surface area contributed by atoms with Crippen LogP contribution in [0, 0.1) is 0 Å². The summed E-state index contributed by atoms with van der Waals surface area (Å²) < 4.78 is 5.10. The van der Waals surface area contributed by atoms with Crippen molar-refractivity contribution >= 4 is 34.5 Å². The highest BCUT2D eigenvalue weighted by Gasteiger charge is 2.41. The van der Waals surface area contributed by atoms with Gasteiger partial charge in [-0.25, -0.2) is 4.79 Å². The Hall–Kier alpha value is -3.74. The lowest BCUT2D eigenvalue weighted by molar-refractivity contribution is -0.146. The van der Waals surface area contributed by atoms with Crippen molar-refractivity contribution < 1.29 is 23.9 Å². The Balaban J connectivity index is 1.45. The number of esters is 1. The Kier molecular flexibility index (Phi) is 4.27. The molecule has 2 heterocycles. The first-order valence-corrected chi connectivity index (χ1v) is 8.72. The van der Waals surface area contributed by atoms with Crippen LogP contribution in [0.15, 0.2) is 54.7 Å². The molecular weight excluding hydrogens is 360 g/mol. The van der Waals surface area contributed by atoms with Crippen LogP contribution in [-0.2, 0) is 9.53 Å². The largest absolute Gasteiger partial charge is 0.456 e. The van der Waals surface area contributed by atoms with Crippen LogP contribution in [0.2, 0.25) is 0 Å². The molecule has 1 aliphatic heterocycles. The Morgan fingerprint density at radius 2 is 1.61 bits per heavy atom. The van der Waals surface area contributed by atoms with Gasteiger partial charge in [-0.05, 0) is 25.1 Å². The molecule has 0 saturated carbocycles. The van der Waals surface area contributed by atoms with E-state index in [9.17, 15) is 19.2 Å². The van der Waals surface area contributed by atoms with Crippen molar-refractivity contribution in [3.8, 4) is 0 Å². The summed E-state index contributed by atoms with van der Waals surface area (Å²) in [5.74, 6) is -2.29. The molecule has 2 amide bonds. The number of Topliss-reactive ketones (excluding diaryl/α,β-unsaturated/α-hetero) is 1. The molecule has 0 radical (unpaired) electrons. The number of aromatic amines is 1. The van der Waals surface area contributed by atoms with E-state index in [1.165, 1.54) is 19.1 Å². The lowest BCUT2D eigenvalue weighted by Gasteiger charge is -2.20. The van der Waals surface area contributed by atoms with Gasteiger partial charge in [-0.2, -0.15) is 0 Å². The number of fused-ring (bicyclic) bond motifs is 2. The van der Waals surface area contributed by atoms with Gasteiger partial charge in [0.2, 0.25) is 5.78 Å². The predicted octanol–water partition coefficient (Wildman–Crippen LogP) is 2.58. The average molecular weight is 376 g/mol. The van der Waals surface area contributed by atoms with E-state index in [2.05, 4.69) is 4.98 Å². The van der Waals surface area contributed by atoms with Gasteiger partial charge in [0.1, 0.15) is 6.04 Å². The summed E-state index contributed by atoms with van der Waals surface area (Å²) in [6.07, 6.45) is 1.56. The van der Waals surface area contributed by atoms with E-state index in [0.29, 0.717) is 5.56 Å². The third-order valence-electron chi connectivity index (χ3n) is 4.79. The second-order valence-electron chi connectivity index (χ2n) is 6.48. The monoisotopic (exact) mass is 376 g/mol. The van der Waals surface area contributed by atoms with Crippen LogP contribution in [0.4, 0.5) is 0 Å². The summed E-state index contributed by atoms with van der Waals surface area (Å²) in [4.78, 5) is 53.6. The van der Waals surface area contributed by atoms with Gasteiger partial charge in [-0.1, -0.05) is 30.3 Å². The van der Waals surface area contributed by atoms with E-state index in [1.54, 1.807) is 24.4 Å². The molecule has 1 aliphatic rings. The smallest absolute Gasteiger partial charge is 0.329 e. The Morgan fingerprint density at radius 3 is 2.29 bits per heavy atom. The summed E-state index contributed by atoms with van der Waals surface area (Å²) in [6, 6.07) is 12.5. The van der Waals surface area contributed by atoms with Gasteiger partial charge in [0, 0.05) is 22.7 Å². The van der Waals surface area contributed by atoms with Gasteiger partial charge in [-0.3, -0.25) is 19.3 Å². The number of carbonyl (C=O) groups is 4. The van der Waals surface area contributed by atoms with E-state index in [0.717, 1.165) is 15.8 Å². The van der Waals surface area contributed by atoms with Crippen molar-refractivity contribution in [2.24, 2.45) is 0 Å². The van der Waals surface area contributed by atoms with Crippen molar-refractivity contribution in [2.45, 2.75) is 13.0 Å². The molecule has 7 nitrogen and oxygen atoms in total. The van der Waals surface area contributed by atoms with Crippen LogP contribution in [0.5, 0.6) is 0 Å². The van der Waals surface area contributed by atoms with Gasteiger partial charge >= 0.3 is 5.97 Å². The Labute approximate surface area is 159 Å². The van der Waals surface area contributed by atoms with Crippen LogP contribution < -0.4 is 0 Å². The first-order valence-electron chi connectivity index (χ1n) is 8.72. The number of carbonyl (C=O) groups excluding carboxylic acids is 4. The van der Waals surface area contributed by atoms with Crippen LogP contribution >= 0.6 is 0 Å². The molecule has 0 saturated heterocycles. The number of benzene rings is 2. The molecular formula is C21H16N2O5. The van der Waals surface area contributed by atoms with Gasteiger partial charge in [0.05, 0.1) is 11.1 Å². The van der Waals surface area contributed by atoms with Crippen molar-refractivity contribution in [3.63, 3.8) is 0 Å². The van der Waals surface area contributed by atoms with Crippen molar-refractivity contribution in [2.75, 3.05) is 6.61 Å². The molecule has 0 unspecified atom stereocenters. The van der Waals surface area contributed by atoms with E-state index in [4.69, 9.17) is 4.74 Å². The molecule has 0 fully saturated rings. The lowest BCUT2D eigenvalue weighted by atomic mass is 10.1. The Morgan fingerprint density at radius 1 is 1.00 bits per heavy atom. The second-order valence-corrected chi connectivity index (χ2v) is 6.48. The van der Waals surface area contributed by atoms with Crippen LogP contribution in [0.1, 0.15) is 38.0 Å². The van der Waals surface area contributed by atoms with Gasteiger partial charge < -0.3 is 9.72 Å². The lowest BCUT2D eigenvalue weighted by Crippen LogP contribution is -2.44. The summed E-state index contributed by atoms with van der Waals surface area (Å²) in [5, 5.41) is 0.733. The number of imide groups is 1. The second kappa shape index (κ2) is 6.77. The first kappa shape index (κ1) is 17.7. The molecule has 140 valence electrons. The minimum absolute atomic E-state index is 0.252. The highest BCUT2D eigenvalue weighted by atomic mass is 16.5. The molecule has 1 N–H and O–H groups in total. The maximum absolute atomic E-state index is 12.5. The standard InChI is InChI=1S/C21H16N2O5/c1-12(23-19(25)14-7-2-3-8-15(14)20(23)26)21(27)28-11-18(24)16-10-22-17-9-5-4-6-13(16)17/h2-10,12,22H,11H2,1H3/t12-/m0/s1. The Bertz CT molecular complexity index is 1100. The number of hydrogen-bond donors (Lipinski definition) is 1. The van der Waals surface area contributed by atoms with Gasteiger partial charge in [0.15, 0.2) is 6.61 Å². The topological polar surface area (TPSA) is 96.5 Å². The summed E-state index contributed by atoms with van der Waals surface area (Å²) >= 11 is 0. The number of ether oxygens (including phenoxy) is 1. The SMILES string of the molecule is C[C@@H](C(=O)OCC(=O)c1c[nH]c2ccccc12)N1C(=O)c2ccccc2C1=O. The summed E-state index contributed by atoms with van der Waals surface area (Å²) in [7, 11) is 0. The molecule has 2 aromatic carbocycles. The van der Waals surface area contributed by atoms with Crippen LogP contribution in [-0.4, -0.2) is 46.1 Å². The van der Waals surface area contributed by atoms with Crippen molar-refractivity contribution in [1.82, 2.24) is 9.88 Å². The molecule has 1 atom stereocenters. The van der Waals surface area contributed by atoms with Crippen LogP contribution in [0.3, 0.4) is 0 Å². The molecule has 4 rings (SSSR count).